The molecule has 0 aliphatic rings. The molecule has 6 nitrogen and oxygen atoms in total. The van der Waals surface area contributed by atoms with Crippen LogP contribution in [0.3, 0.4) is 0 Å². The summed E-state index contributed by atoms with van der Waals surface area (Å²) in [4.78, 5) is 2.20. The van der Waals surface area contributed by atoms with Crippen molar-refractivity contribution in [1.29, 1.82) is 0 Å². The molecule has 0 aliphatic heterocycles. The predicted octanol–water partition coefficient (Wildman–Crippen LogP) is 0.254. The molecule has 0 atom stereocenters. The lowest BCUT2D eigenvalue weighted by atomic mass is 10.3. The summed E-state index contributed by atoms with van der Waals surface area (Å²) in [5.41, 5.74) is 5.47. The number of nitrogens with zero attached hydrogens (tertiary/aromatic N) is 5. The standard InChI is InChI=1S/C10H22N6/c1-3-4-8-16-10(12-13-14-16)9-15(2)7-5-6-11/h3-9,11H2,1-2H3. The third kappa shape index (κ3) is 4.24. The summed E-state index contributed by atoms with van der Waals surface area (Å²) in [6.45, 7) is 5.57. The Morgan fingerprint density at radius 2 is 2.19 bits per heavy atom. The molecule has 16 heavy (non-hydrogen) atoms. The molecule has 0 bridgehead atoms. The van der Waals surface area contributed by atoms with Crippen molar-refractivity contribution in [1.82, 2.24) is 25.1 Å². The topological polar surface area (TPSA) is 72.9 Å². The molecular formula is C10H22N6. The summed E-state index contributed by atoms with van der Waals surface area (Å²) >= 11 is 0. The van der Waals surface area contributed by atoms with Gasteiger partial charge in [-0.05, 0) is 43.4 Å². The molecule has 6 heteroatoms. The fraction of sp³-hybridized carbons (Fsp3) is 0.900. The Bertz CT molecular complexity index is 285. The largest absolute Gasteiger partial charge is 0.330 e. The zero-order chi connectivity index (χ0) is 11.8. The SMILES string of the molecule is CCCCn1nnnc1CN(C)CCCN. The van der Waals surface area contributed by atoms with Crippen LogP contribution < -0.4 is 5.73 Å². The van der Waals surface area contributed by atoms with Gasteiger partial charge >= 0.3 is 0 Å². The zero-order valence-electron chi connectivity index (χ0n) is 10.3. The number of nitrogens with two attached hydrogens (primary N) is 1. The van der Waals surface area contributed by atoms with Gasteiger partial charge in [-0.3, -0.25) is 4.90 Å². The van der Waals surface area contributed by atoms with Crippen LogP contribution in [0.25, 0.3) is 0 Å². The molecule has 0 aromatic carbocycles. The zero-order valence-corrected chi connectivity index (χ0v) is 10.3. The lowest BCUT2D eigenvalue weighted by molar-refractivity contribution is 0.307. The molecule has 0 aliphatic carbocycles. The van der Waals surface area contributed by atoms with E-state index in [2.05, 4.69) is 34.4 Å². The van der Waals surface area contributed by atoms with Crippen molar-refractivity contribution in [2.45, 2.75) is 39.3 Å². The summed E-state index contributed by atoms with van der Waals surface area (Å²) in [6.07, 6.45) is 3.28. The van der Waals surface area contributed by atoms with E-state index in [0.29, 0.717) is 0 Å². The maximum atomic E-state index is 5.47. The van der Waals surface area contributed by atoms with E-state index in [1.54, 1.807) is 0 Å². The van der Waals surface area contributed by atoms with Crippen LogP contribution >= 0.6 is 0 Å². The highest BCUT2D eigenvalue weighted by Crippen LogP contribution is 2.00. The van der Waals surface area contributed by atoms with Crippen molar-refractivity contribution in [3.8, 4) is 0 Å². The molecule has 0 saturated carbocycles. The predicted molar refractivity (Wildman–Crippen MR) is 62.7 cm³/mol. The van der Waals surface area contributed by atoms with Crippen molar-refractivity contribution in [3.05, 3.63) is 5.82 Å². The Balaban J connectivity index is 2.42. The van der Waals surface area contributed by atoms with Crippen LogP contribution in [0.1, 0.15) is 32.0 Å². The number of hydrogen-bond acceptors (Lipinski definition) is 5. The highest BCUT2D eigenvalue weighted by Gasteiger charge is 2.08. The quantitative estimate of drug-likeness (QED) is 0.688. The van der Waals surface area contributed by atoms with Gasteiger partial charge in [0.15, 0.2) is 5.82 Å². The van der Waals surface area contributed by atoms with Crippen LogP contribution in [-0.2, 0) is 13.1 Å². The minimum absolute atomic E-state index is 0.727. The molecule has 1 heterocycles. The Kier molecular flexibility index (Phi) is 5.95. The van der Waals surface area contributed by atoms with Gasteiger partial charge in [-0.1, -0.05) is 13.3 Å². The summed E-state index contributed by atoms with van der Waals surface area (Å²) in [6, 6.07) is 0. The van der Waals surface area contributed by atoms with E-state index < -0.39 is 0 Å². The number of hydrogen-bond donors (Lipinski definition) is 1. The van der Waals surface area contributed by atoms with Crippen LogP contribution in [0.15, 0.2) is 0 Å². The van der Waals surface area contributed by atoms with Crippen molar-refractivity contribution < 1.29 is 0 Å². The molecule has 1 aromatic rings. The van der Waals surface area contributed by atoms with E-state index in [1.807, 2.05) is 4.68 Å². The number of tetrazole rings is 1. The van der Waals surface area contributed by atoms with E-state index in [-0.39, 0.29) is 0 Å². The first-order valence-electron chi connectivity index (χ1n) is 5.91. The van der Waals surface area contributed by atoms with Crippen LogP contribution in [-0.4, -0.2) is 45.2 Å². The Morgan fingerprint density at radius 1 is 1.38 bits per heavy atom. The molecule has 0 spiro atoms. The molecule has 0 fully saturated rings. The Morgan fingerprint density at radius 3 is 2.88 bits per heavy atom. The van der Waals surface area contributed by atoms with Crippen molar-refractivity contribution in [2.24, 2.45) is 5.73 Å². The molecule has 0 radical (unpaired) electrons. The maximum Gasteiger partial charge on any atom is 0.165 e. The lowest BCUT2D eigenvalue weighted by Gasteiger charge is -2.15. The fourth-order valence-corrected chi connectivity index (χ4v) is 1.50. The average molecular weight is 226 g/mol. The van der Waals surface area contributed by atoms with Crippen LogP contribution in [0.5, 0.6) is 0 Å². The molecule has 1 rings (SSSR count). The third-order valence-corrected chi connectivity index (χ3v) is 2.48. The smallest absolute Gasteiger partial charge is 0.165 e. The molecule has 1 aromatic heterocycles. The van der Waals surface area contributed by atoms with Crippen molar-refractivity contribution in [3.63, 3.8) is 0 Å². The molecule has 0 unspecified atom stereocenters. The van der Waals surface area contributed by atoms with Gasteiger partial charge < -0.3 is 5.73 Å². The average Bonchev–Trinajstić information content (AvgIpc) is 2.71. The normalized spacial score (nSPS) is 11.2. The molecule has 2 N–H and O–H groups in total. The van der Waals surface area contributed by atoms with Gasteiger partial charge in [0.1, 0.15) is 0 Å². The first kappa shape index (κ1) is 13.1. The summed E-state index contributed by atoms with van der Waals surface area (Å²) in [5.74, 6) is 0.938. The number of aryl methyl sites for hydroxylation is 1. The second-order valence-electron chi connectivity index (χ2n) is 4.05. The van der Waals surface area contributed by atoms with E-state index in [0.717, 1.165) is 51.3 Å². The van der Waals surface area contributed by atoms with Crippen molar-refractivity contribution in [2.75, 3.05) is 20.1 Å². The number of unbranched alkanes of at least 4 members (excludes halogenated alkanes) is 1. The number of aromatic nitrogens is 4. The Hall–Kier alpha value is -1.01. The van der Waals surface area contributed by atoms with Crippen LogP contribution in [0, 0.1) is 0 Å². The monoisotopic (exact) mass is 226 g/mol. The van der Waals surface area contributed by atoms with Gasteiger partial charge in [0.2, 0.25) is 0 Å². The van der Waals surface area contributed by atoms with Gasteiger partial charge in [0.25, 0.3) is 0 Å². The molecule has 92 valence electrons. The van der Waals surface area contributed by atoms with Gasteiger partial charge in [-0.25, -0.2) is 4.68 Å². The maximum absolute atomic E-state index is 5.47. The van der Waals surface area contributed by atoms with Gasteiger partial charge in [0, 0.05) is 6.54 Å². The molecule has 0 saturated heterocycles. The third-order valence-electron chi connectivity index (χ3n) is 2.48. The Labute approximate surface area is 96.8 Å². The van der Waals surface area contributed by atoms with Gasteiger partial charge in [0.05, 0.1) is 6.54 Å². The highest BCUT2D eigenvalue weighted by molar-refractivity contribution is 4.80. The molecular weight excluding hydrogens is 204 g/mol. The summed E-state index contributed by atoms with van der Waals surface area (Å²) in [5, 5.41) is 11.8. The first-order chi connectivity index (χ1) is 7.77. The van der Waals surface area contributed by atoms with Crippen molar-refractivity contribution >= 4 is 0 Å². The van der Waals surface area contributed by atoms with Gasteiger partial charge in [-0.2, -0.15) is 0 Å². The van der Waals surface area contributed by atoms with Crippen LogP contribution in [0.2, 0.25) is 0 Å². The fourth-order valence-electron chi connectivity index (χ4n) is 1.50. The summed E-state index contributed by atoms with van der Waals surface area (Å²) in [7, 11) is 2.06. The number of rotatable bonds is 8. The van der Waals surface area contributed by atoms with Crippen LogP contribution in [0.4, 0.5) is 0 Å². The van der Waals surface area contributed by atoms with E-state index in [9.17, 15) is 0 Å². The van der Waals surface area contributed by atoms with E-state index >= 15 is 0 Å². The second-order valence-corrected chi connectivity index (χ2v) is 4.05. The first-order valence-corrected chi connectivity index (χ1v) is 5.91. The molecule has 0 amide bonds. The van der Waals surface area contributed by atoms with E-state index in [4.69, 9.17) is 5.73 Å². The van der Waals surface area contributed by atoms with E-state index in [1.165, 1.54) is 0 Å². The lowest BCUT2D eigenvalue weighted by Crippen LogP contribution is -2.23. The highest BCUT2D eigenvalue weighted by atomic mass is 15.5. The minimum atomic E-state index is 0.727. The summed E-state index contributed by atoms with van der Waals surface area (Å²) < 4.78 is 1.89. The van der Waals surface area contributed by atoms with Gasteiger partial charge in [-0.15, -0.1) is 5.10 Å². The second kappa shape index (κ2) is 7.29. The minimum Gasteiger partial charge on any atom is -0.330 e.